The minimum Gasteiger partial charge on any atom is -0.465 e. The molecule has 1 aromatic rings. The molecule has 20 heavy (non-hydrogen) atoms. The predicted molar refractivity (Wildman–Crippen MR) is 70.9 cm³/mol. The van der Waals surface area contributed by atoms with Crippen LogP contribution in [-0.4, -0.2) is 63.1 Å². The van der Waals surface area contributed by atoms with Crippen molar-refractivity contribution in [3.8, 4) is 0 Å². The number of piperazine rings is 1. The van der Waals surface area contributed by atoms with E-state index < -0.39 is 6.09 Å². The number of hydrogen-bond acceptors (Lipinski definition) is 5. The minimum absolute atomic E-state index is 0.0202. The highest BCUT2D eigenvalue weighted by Gasteiger charge is 2.23. The number of rotatable bonds is 3. The smallest absolute Gasteiger partial charge is 0.407 e. The lowest BCUT2D eigenvalue weighted by molar-refractivity contribution is -0.132. The Balaban J connectivity index is 1.78. The molecule has 108 valence electrons. The maximum atomic E-state index is 12.0. The number of nitrogens with two attached hydrogens (primary N) is 1. The zero-order valence-corrected chi connectivity index (χ0v) is 11.0. The van der Waals surface area contributed by atoms with Gasteiger partial charge in [0.05, 0.1) is 0 Å². The quantitative estimate of drug-likeness (QED) is 0.793. The number of nitrogen functional groups attached to an aromatic ring is 1. The molecule has 2 amide bonds. The van der Waals surface area contributed by atoms with Crippen LogP contribution in [0, 0.1) is 0 Å². The molecule has 1 aliphatic rings. The Labute approximate surface area is 116 Å². The van der Waals surface area contributed by atoms with Crippen LogP contribution < -0.4 is 5.73 Å². The van der Waals surface area contributed by atoms with Gasteiger partial charge in [-0.15, -0.1) is 0 Å². The number of hydrogen-bond donors (Lipinski definition) is 2. The normalized spacial score (nSPS) is 15.2. The van der Waals surface area contributed by atoms with Gasteiger partial charge in [-0.1, -0.05) is 0 Å². The number of aryl methyl sites for hydroxylation is 1. The molecule has 2 heterocycles. The van der Waals surface area contributed by atoms with E-state index in [9.17, 15) is 9.59 Å². The van der Waals surface area contributed by atoms with E-state index in [0.717, 1.165) is 5.56 Å². The van der Waals surface area contributed by atoms with Gasteiger partial charge in [0.2, 0.25) is 11.9 Å². The Morgan fingerprint density at radius 1 is 1.15 bits per heavy atom. The maximum Gasteiger partial charge on any atom is 0.407 e. The van der Waals surface area contributed by atoms with Crippen molar-refractivity contribution in [3.63, 3.8) is 0 Å². The number of carbonyl (C=O) groups is 2. The number of carbonyl (C=O) groups excluding carboxylic acids is 1. The number of carboxylic acid groups (broad SMARTS) is 1. The molecule has 0 saturated carbocycles. The van der Waals surface area contributed by atoms with Crippen molar-refractivity contribution in [2.75, 3.05) is 31.9 Å². The van der Waals surface area contributed by atoms with Crippen molar-refractivity contribution in [1.82, 2.24) is 19.8 Å². The number of nitrogens with zero attached hydrogens (tertiary/aromatic N) is 4. The summed E-state index contributed by atoms with van der Waals surface area (Å²) in [6, 6.07) is 0. The second kappa shape index (κ2) is 6.18. The molecule has 0 spiro atoms. The highest BCUT2D eigenvalue weighted by atomic mass is 16.4. The number of aromatic nitrogens is 2. The van der Waals surface area contributed by atoms with Gasteiger partial charge >= 0.3 is 6.09 Å². The van der Waals surface area contributed by atoms with Crippen LogP contribution >= 0.6 is 0 Å². The summed E-state index contributed by atoms with van der Waals surface area (Å²) < 4.78 is 0. The van der Waals surface area contributed by atoms with Gasteiger partial charge in [0, 0.05) is 45.0 Å². The third-order valence-corrected chi connectivity index (χ3v) is 3.26. The molecule has 1 saturated heterocycles. The van der Waals surface area contributed by atoms with Crippen molar-refractivity contribution in [2.45, 2.75) is 12.8 Å². The highest BCUT2D eigenvalue weighted by molar-refractivity contribution is 5.77. The Morgan fingerprint density at radius 3 is 2.25 bits per heavy atom. The number of amides is 2. The number of anilines is 1. The third-order valence-electron chi connectivity index (χ3n) is 3.26. The van der Waals surface area contributed by atoms with Gasteiger partial charge < -0.3 is 20.6 Å². The topological polar surface area (TPSA) is 113 Å². The summed E-state index contributed by atoms with van der Waals surface area (Å²) in [6.45, 7) is 1.63. The fraction of sp³-hybridized carbons (Fsp3) is 0.500. The largest absolute Gasteiger partial charge is 0.465 e. The fourth-order valence-electron chi connectivity index (χ4n) is 2.05. The molecule has 0 aromatic carbocycles. The molecule has 1 aromatic heterocycles. The van der Waals surface area contributed by atoms with Crippen molar-refractivity contribution in [1.29, 1.82) is 0 Å². The molecule has 8 heteroatoms. The first kappa shape index (κ1) is 14.0. The van der Waals surface area contributed by atoms with E-state index in [1.165, 1.54) is 4.90 Å². The van der Waals surface area contributed by atoms with Crippen LogP contribution in [0.2, 0.25) is 0 Å². The van der Waals surface area contributed by atoms with Gasteiger partial charge in [-0.05, 0) is 12.0 Å². The van der Waals surface area contributed by atoms with E-state index in [-0.39, 0.29) is 11.9 Å². The first-order valence-electron chi connectivity index (χ1n) is 6.38. The lowest BCUT2D eigenvalue weighted by Crippen LogP contribution is -2.50. The lowest BCUT2D eigenvalue weighted by Gasteiger charge is -2.33. The molecule has 1 aliphatic heterocycles. The Morgan fingerprint density at radius 2 is 1.70 bits per heavy atom. The SMILES string of the molecule is Nc1ncc(CCC(=O)N2CCN(C(=O)O)CC2)cn1. The Kier molecular flexibility index (Phi) is 4.34. The molecule has 2 rings (SSSR count). The summed E-state index contributed by atoms with van der Waals surface area (Å²) in [6.07, 6.45) is 3.20. The molecule has 0 radical (unpaired) electrons. The van der Waals surface area contributed by atoms with E-state index in [0.29, 0.717) is 39.0 Å². The van der Waals surface area contributed by atoms with Gasteiger partial charge in [-0.25, -0.2) is 14.8 Å². The third kappa shape index (κ3) is 3.56. The summed E-state index contributed by atoms with van der Waals surface area (Å²) in [5.74, 6) is 0.233. The van der Waals surface area contributed by atoms with Gasteiger partial charge in [-0.3, -0.25) is 4.79 Å². The molecule has 8 nitrogen and oxygen atoms in total. The van der Waals surface area contributed by atoms with Crippen LogP contribution in [0.25, 0.3) is 0 Å². The lowest BCUT2D eigenvalue weighted by atomic mass is 10.1. The van der Waals surface area contributed by atoms with Gasteiger partial charge in [-0.2, -0.15) is 0 Å². The summed E-state index contributed by atoms with van der Waals surface area (Å²) in [5.41, 5.74) is 6.25. The Bertz CT molecular complexity index is 482. The molecule has 0 bridgehead atoms. The standard InChI is InChI=1S/C12H17N5O3/c13-11-14-7-9(8-15-11)1-2-10(18)16-3-5-17(6-4-16)12(19)20/h7-8H,1-6H2,(H,19,20)(H2,13,14,15). The Hall–Kier alpha value is -2.38. The zero-order chi connectivity index (χ0) is 14.5. The van der Waals surface area contributed by atoms with E-state index in [2.05, 4.69) is 9.97 Å². The molecule has 0 unspecified atom stereocenters. The highest BCUT2D eigenvalue weighted by Crippen LogP contribution is 2.07. The first-order valence-corrected chi connectivity index (χ1v) is 6.38. The second-order valence-electron chi connectivity index (χ2n) is 4.60. The predicted octanol–water partition coefficient (Wildman–Crippen LogP) is -0.186. The zero-order valence-electron chi connectivity index (χ0n) is 11.0. The average molecular weight is 279 g/mol. The van der Waals surface area contributed by atoms with Gasteiger partial charge in [0.25, 0.3) is 0 Å². The second-order valence-corrected chi connectivity index (χ2v) is 4.60. The molecule has 3 N–H and O–H groups in total. The summed E-state index contributed by atoms with van der Waals surface area (Å²) >= 11 is 0. The fourth-order valence-corrected chi connectivity index (χ4v) is 2.05. The van der Waals surface area contributed by atoms with Crippen molar-refractivity contribution < 1.29 is 14.7 Å². The minimum atomic E-state index is -0.934. The molecule has 0 atom stereocenters. The molecule has 1 fully saturated rings. The molecular weight excluding hydrogens is 262 g/mol. The summed E-state index contributed by atoms with van der Waals surface area (Å²) in [5, 5.41) is 8.84. The van der Waals surface area contributed by atoms with Crippen LogP contribution in [0.1, 0.15) is 12.0 Å². The maximum absolute atomic E-state index is 12.0. The summed E-state index contributed by atoms with van der Waals surface area (Å²) in [7, 11) is 0. The van der Waals surface area contributed by atoms with Crippen LogP contribution in [-0.2, 0) is 11.2 Å². The van der Waals surface area contributed by atoms with Crippen molar-refractivity contribution in [2.24, 2.45) is 0 Å². The van der Waals surface area contributed by atoms with Gasteiger partial charge in [0.15, 0.2) is 0 Å². The van der Waals surface area contributed by atoms with E-state index in [4.69, 9.17) is 10.8 Å². The van der Waals surface area contributed by atoms with Gasteiger partial charge in [0.1, 0.15) is 0 Å². The van der Waals surface area contributed by atoms with Crippen molar-refractivity contribution in [3.05, 3.63) is 18.0 Å². The van der Waals surface area contributed by atoms with E-state index in [1.807, 2.05) is 0 Å². The van der Waals surface area contributed by atoms with Crippen LogP contribution in [0.3, 0.4) is 0 Å². The average Bonchev–Trinajstić information content (AvgIpc) is 2.46. The van der Waals surface area contributed by atoms with E-state index in [1.54, 1.807) is 17.3 Å². The van der Waals surface area contributed by atoms with Crippen LogP contribution in [0.4, 0.5) is 10.7 Å². The molecular formula is C12H17N5O3. The van der Waals surface area contributed by atoms with E-state index >= 15 is 0 Å². The monoisotopic (exact) mass is 279 g/mol. The van der Waals surface area contributed by atoms with Crippen molar-refractivity contribution >= 4 is 17.9 Å². The van der Waals surface area contributed by atoms with Crippen LogP contribution in [0.15, 0.2) is 12.4 Å². The first-order chi connectivity index (χ1) is 9.56. The molecule has 0 aliphatic carbocycles. The summed E-state index contributed by atoms with van der Waals surface area (Å²) in [4.78, 5) is 33.5. The van der Waals surface area contributed by atoms with Crippen LogP contribution in [0.5, 0.6) is 0 Å².